The first-order valence-corrected chi connectivity index (χ1v) is 3.98. The van der Waals surface area contributed by atoms with Crippen LogP contribution < -0.4 is 4.74 Å². The molecule has 0 aromatic heterocycles. The van der Waals surface area contributed by atoms with Crippen molar-refractivity contribution < 1.29 is 9.66 Å². The first kappa shape index (κ1) is 9.99. The zero-order valence-electron chi connectivity index (χ0n) is 7.34. The van der Waals surface area contributed by atoms with Gasteiger partial charge in [-0.2, -0.15) is 5.26 Å². The molecule has 0 bridgehead atoms. The summed E-state index contributed by atoms with van der Waals surface area (Å²) in [4.78, 5) is 9.82. The summed E-state index contributed by atoms with van der Waals surface area (Å²) in [6, 6.07) is 7.68. The SMILES string of the molecule is N#CCCOc1ccc([N+](=O)[O-])cc1. The van der Waals surface area contributed by atoms with E-state index in [1.807, 2.05) is 6.07 Å². The summed E-state index contributed by atoms with van der Waals surface area (Å²) in [7, 11) is 0. The Hall–Kier alpha value is -2.09. The van der Waals surface area contributed by atoms with Gasteiger partial charge in [0.1, 0.15) is 12.4 Å². The number of hydrogen-bond donors (Lipinski definition) is 0. The van der Waals surface area contributed by atoms with Gasteiger partial charge in [-0.15, -0.1) is 0 Å². The summed E-state index contributed by atoms with van der Waals surface area (Å²) in [5.41, 5.74) is 0.0256. The van der Waals surface area contributed by atoms with Crippen molar-refractivity contribution in [1.29, 1.82) is 5.26 Å². The van der Waals surface area contributed by atoms with Crippen LogP contribution in [0.1, 0.15) is 6.42 Å². The van der Waals surface area contributed by atoms with Crippen molar-refractivity contribution in [3.8, 4) is 11.8 Å². The largest absolute Gasteiger partial charge is 0.493 e. The molecule has 1 rings (SSSR count). The van der Waals surface area contributed by atoms with Crippen LogP contribution in [0, 0.1) is 21.4 Å². The van der Waals surface area contributed by atoms with Crippen molar-refractivity contribution in [2.75, 3.05) is 6.61 Å². The number of non-ortho nitro benzene ring substituents is 1. The van der Waals surface area contributed by atoms with Gasteiger partial charge in [-0.05, 0) is 12.1 Å². The predicted octanol–water partition coefficient (Wildman–Crippen LogP) is 1.89. The minimum Gasteiger partial charge on any atom is -0.493 e. The molecule has 0 radical (unpaired) electrons. The second-order valence-electron chi connectivity index (χ2n) is 2.51. The van der Waals surface area contributed by atoms with Crippen LogP contribution in [0.5, 0.6) is 5.75 Å². The Labute approximate surface area is 80.7 Å². The number of nitriles is 1. The molecule has 0 heterocycles. The summed E-state index contributed by atoms with van der Waals surface area (Å²) < 4.78 is 5.14. The average Bonchev–Trinajstić information content (AvgIpc) is 2.19. The maximum absolute atomic E-state index is 10.3. The number of hydrogen-bond acceptors (Lipinski definition) is 4. The van der Waals surface area contributed by atoms with E-state index in [1.54, 1.807) is 0 Å². The highest BCUT2D eigenvalue weighted by Gasteiger charge is 2.03. The summed E-state index contributed by atoms with van der Waals surface area (Å²) in [5, 5.41) is 18.5. The molecule has 0 atom stereocenters. The summed E-state index contributed by atoms with van der Waals surface area (Å²) in [6.07, 6.45) is 0.303. The average molecular weight is 192 g/mol. The van der Waals surface area contributed by atoms with Gasteiger partial charge in [0.05, 0.1) is 17.4 Å². The van der Waals surface area contributed by atoms with E-state index in [0.717, 1.165) is 0 Å². The highest BCUT2D eigenvalue weighted by atomic mass is 16.6. The highest BCUT2D eigenvalue weighted by molar-refractivity contribution is 5.35. The van der Waals surface area contributed by atoms with Crippen LogP contribution in [-0.4, -0.2) is 11.5 Å². The Kier molecular flexibility index (Phi) is 3.44. The number of nitrogens with zero attached hydrogens (tertiary/aromatic N) is 2. The van der Waals surface area contributed by atoms with Crippen molar-refractivity contribution in [2.24, 2.45) is 0 Å². The molecule has 0 amide bonds. The lowest BCUT2D eigenvalue weighted by molar-refractivity contribution is -0.384. The number of nitro benzene ring substituents is 1. The van der Waals surface area contributed by atoms with Gasteiger partial charge in [0.2, 0.25) is 0 Å². The predicted molar refractivity (Wildman–Crippen MR) is 48.8 cm³/mol. The van der Waals surface area contributed by atoms with E-state index in [1.165, 1.54) is 24.3 Å². The molecule has 0 spiro atoms. The third kappa shape index (κ3) is 2.75. The van der Waals surface area contributed by atoms with Gasteiger partial charge in [-0.3, -0.25) is 10.1 Å². The van der Waals surface area contributed by atoms with Crippen LogP contribution in [0.3, 0.4) is 0 Å². The van der Waals surface area contributed by atoms with Gasteiger partial charge < -0.3 is 4.74 Å². The first-order valence-electron chi connectivity index (χ1n) is 3.98. The molecular weight excluding hydrogens is 184 g/mol. The topological polar surface area (TPSA) is 76.2 Å². The van der Waals surface area contributed by atoms with Crippen LogP contribution in [0.15, 0.2) is 24.3 Å². The molecule has 14 heavy (non-hydrogen) atoms. The van der Waals surface area contributed by atoms with Gasteiger partial charge in [0.15, 0.2) is 0 Å². The van der Waals surface area contributed by atoms with Crippen molar-refractivity contribution in [1.82, 2.24) is 0 Å². The van der Waals surface area contributed by atoms with Crippen molar-refractivity contribution in [3.63, 3.8) is 0 Å². The first-order chi connectivity index (χ1) is 6.74. The molecule has 5 nitrogen and oxygen atoms in total. The Bertz CT molecular complexity index is 353. The lowest BCUT2D eigenvalue weighted by Crippen LogP contribution is -1.95. The molecular formula is C9H8N2O3. The van der Waals surface area contributed by atoms with E-state index >= 15 is 0 Å². The number of ether oxygens (including phenoxy) is 1. The Morgan fingerprint density at radius 1 is 1.43 bits per heavy atom. The van der Waals surface area contributed by atoms with E-state index in [-0.39, 0.29) is 5.69 Å². The van der Waals surface area contributed by atoms with E-state index in [4.69, 9.17) is 10.00 Å². The molecule has 0 N–H and O–H groups in total. The van der Waals surface area contributed by atoms with Crippen molar-refractivity contribution >= 4 is 5.69 Å². The zero-order valence-corrected chi connectivity index (χ0v) is 7.34. The summed E-state index contributed by atoms with van der Waals surface area (Å²) in [6.45, 7) is 0.300. The van der Waals surface area contributed by atoms with Gasteiger partial charge in [-0.25, -0.2) is 0 Å². The molecule has 1 aromatic carbocycles. The summed E-state index contributed by atoms with van der Waals surface area (Å²) >= 11 is 0. The van der Waals surface area contributed by atoms with Crippen molar-refractivity contribution in [2.45, 2.75) is 6.42 Å². The van der Waals surface area contributed by atoms with Crippen LogP contribution in [0.4, 0.5) is 5.69 Å². The fourth-order valence-corrected chi connectivity index (χ4v) is 0.879. The fourth-order valence-electron chi connectivity index (χ4n) is 0.879. The maximum Gasteiger partial charge on any atom is 0.269 e. The molecule has 5 heteroatoms. The van der Waals surface area contributed by atoms with Crippen molar-refractivity contribution in [3.05, 3.63) is 34.4 Å². The van der Waals surface area contributed by atoms with Crippen LogP contribution in [0.25, 0.3) is 0 Å². The van der Waals surface area contributed by atoms with E-state index in [9.17, 15) is 10.1 Å². The van der Waals surface area contributed by atoms with Crippen LogP contribution in [-0.2, 0) is 0 Å². The molecule has 0 saturated heterocycles. The van der Waals surface area contributed by atoms with Gasteiger partial charge in [0, 0.05) is 12.1 Å². The van der Waals surface area contributed by atoms with Gasteiger partial charge in [0.25, 0.3) is 5.69 Å². The standard InChI is InChI=1S/C9H8N2O3/c10-6-1-7-14-9-4-2-8(3-5-9)11(12)13/h2-5H,1,7H2. The Balaban J connectivity index is 2.56. The second kappa shape index (κ2) is 4.82. The smallest absolute Gasteiger partial charge is 0.269 e. The Morgan fingerprint density at radius 2 is 2.07 bits per heavy atom. The van der Waals surface area contributed by atoms with E-state index < -0.39 is 4.92 Å². The number of nitro groups is 1. The molecule has 0 fully saturated rings. The Morgan fingerprint density at radius 3 is 2.57 bits per heavy atom. The fraction of sp³-hybridized carbons (Fsp3) is 0.222. The van der Waals surface area contributed by atoms with Crippen LogP contribution in [0.2, 0.25) is 0 Å². The molecule has 0 unspecified atom stereocenters. The molecule has 0 aliphatic carbocycles. The van der Waals surface area contributed by atoms with E-state index in [2.05, 4.69) is 0 Å². The molecule has 1 aromatic rings. The van der Waals surface area contributed by atoms with Crippen LogP contribution >= 0.6 is 0 Å². The second-order valence-corrected chi connectivity index (χ2v) is 2.51. The minimum absolute atomic E-state index is 0.0256. The molecule has 0 saturated carbocycles. The lowest BCUT2D eigenvalue weighted by atomic mass is 10.3. The number of benzene rings is 1. The normalized spacial score (nSPS) is 9.07. The molecule has 0 aliphatic heterocycles. The maximum atomic E-state index is 10.3. The van der Waals surface area contributed by atoms with Gasteiger partial charge in [-0.1, -0.05) is 0 Å². The molecule has 0 aliphatic rings. The summed E-state index contributed by atoms with van der Waals surface area (Å²) in [5.74, 6) is 0.533. The third-order valence-electron chi connectivity index (χ3n) is 1.53. The molecule has 72 valence electrons. The third-order valence-corrected chi connectivity index (χ3v) is 1.53. The number of rotatable bonds is 4. The quantitative estimate of drug-likeness (QED) is 0.414. The monoisotopic (exact) mass is 192 g/mol. The minimum atomic E-state index is -0.473. The zero-order chi connectivity index (χ0) is 10.4. The van der Waals surface area contributed by atoms with Gasteiger partial charge >= 0.3 is 0 Å². The lowest BCUT2D eigenvalue weighted by Gasteiger charge is -2.01. The van der Waals surface area contributed by atoms with E-state index in [0.29, 0.717) is 18.8 Å². The highest BCUT2D eigenvalue weighted by Crippen LogP contribution is 2.17.